The van der Waals surface area contributed by atoms with Gasteiger partial charge in [0.05, 0.1) is 11.5 Å². The average molecular weight is 295 g/mol. The molecule has 116 valence electrons. The van der Waals surface area contributed by atoms with Crippen LogP contribution in [0.4, 0.5) is 11.4 Å². The van der Waals surface area contributed by atoms with E-state index in [-0.39, 0.29) is 23.8 Å². The molecule has 8 heteroatoms. The van der Waals surface area contributed by atoms with Crippen LogP contribution in [-0.4, -0.2) is 35.9 Å². The van der Waals surface area contributed by atoms with Crippen molar-refractivity contribution in [2.24, 2.45) is 5.84 Å². The van der Waals surface area contributed by atoms with Crippen molar-refractivity contribution in [3.63, 3.8) is 0 Å². The summed E-state index contributed by atoms with van der Waals surface area (Å²) in [7, 11) is 1.58. The molecule has 0 aliphatic rings. The highest BCUT2D eigenvalue weighted by Crippen LogP contribution is 2.25. The first-order chi connectivity index (χ1) is 10.0. The van der Waals surface area contributed by atoms with Gasteiger partial charge in [-0.1, -0.05) is 13.0 Å². The lowest BCUT2D eigenvalue weighted by atomic mass is 10.1. The molecule has 0 spiro atoms. The van der Waals surface area contributed by atoms with Crippen LogP contribution in [0.15, 0.2) is 18.2 Å². The SMILES string of the molecule is CCCN(CC(=O)NC)Cc1ccc(NN)c([N+](=O)[O-])c1. The summed E-state index contributed by atoms with van der Waals surface area (Å²) in [5.74, 6) is 5.17. The molecule has 1 rings (SSSR count). The minimum atomic E-state index is -0.485. The lowest BCUT2D eigenvalue weighted by Crippen LogP contribution is -2.35. The van der Waals surface area contributed by atoms with Gasteiger partial charge in [0.2, 0.25) is 5.91 Å². The van der Waals surface area contributed by atoms with Gasteiger partial charge in [0.25, 0.3) is 5.69 Å². The number of carbonyl (C=O) groups is 1. The van der Waals surface area contributed by atoms with Crippen LogP contribution in [0.2, 0.25) is 0 Å². The van der Waals surface area contributed by atoms with E-state index in [4.69, 9.17) is 5.84 Å². The number of amides is 1. The highest BCUT2D eigenvalue weighted by molar-refractivity contribution is 5.77. The predicted molar refractivity (Wildman–Crippen MR) is 80.5 cm³/mol. The van der Waals surface area contributed by atoms with E-state index in [1.165, 1.54) is 6.07 Å². The summed E-state index contributed by atoms with van der Waals surface area (Å²) in [5.41, 5.74) is 3.25. The van der Waals surface area contributed by atoms with Gasteiger partial charge in [-0.25, -0.2) is 0 Å². The Bertz CT molecular complexity index is 507. The lowest BCUT2D eigenvalue weighted by molar-refractivity contribution is -0.384. The third-order valence-corrected chi connectivity index (χ3v) is 3.01. The van der Waals surface area contributed by atoms with Gasteiger partial charge >= 0.3 is 0 Å². The number of carbonyl (C=O) groups excluding carboxylic acids is 1. The van der Waals surface area contributed by atoms with Gasteiger partial charge in [0, 0.05) is 19.7 Å². The standard InChI is InChI=1S/C13H21N5O3/c1-3-6-17(9-13(19)15-2)8-10-4-5-11(16-14)12(7-10)18(20)21/h4-5,7,16H,3,6,8-9,14H2,1-2H3,(H,15,19). The molecule has 8 nitrogen and oxygen atoms in total. The number of hydrazine groups is 1. The van der Waals surface area contributed by atoms with Crippen LogP contribution in [0.3, 0.4) is 0 Å². The molecule has 1 amide bonds. The van der Waals surface area contributed by atoms with E-state index in [1.807, 2.05) is 11.8 Å². The number of hydrogen-bond donors (Lipinski definition) is 3. The number of nitro benzene ring substituents is 1. The fraction of sp³-hybridized carbons (Fsp3) is 0.462. The molecule has 0 fully saturated rings. The second-order valence-electron chi connectivity index (χ2n) is 4.64. The Balaban J connectivity index is 2.90. The highest BCUT2D eigenvalue weighted by atomic mass is 16.6. The van der Waals surface area contributed by atoms with E-state index in [9.17, 15) is 14.9 Å². The number of likely N-dealkylation sites (N-methyl/N-ethyl adjacent to an activating group) is 1. The molecule has 0 radical (unpaired) electrons. The zero-order chi connectivity index (χ0) is 15.8. The number of anilines is 1. The highest BCUT2D eigenvalue weighted by Gasteiger charge is 2.16. The molecule has 0 aliphatic heterocycles. The van der Waals surface area contributed by atoms with Crippen molar-refractivity contribution in [2.45, 2.75) is 19.9 Å². The molecule has 0 bridgehead atoms. The molecule has 0 saturated heterocycles. The van der Waals surface area contributed by atoms with Gasteiger partial charge in [-0.3, -0.25) is 25.7 Å². The van der Waals surface area contributed by atoms with Gasteiger partial charge in [0.1, 0.15) is 5.69 Å². The van der Waals surface area contributed by atoms with Gasteiger partial charge in [-0.2, -0.15) is 0 Å². The summed E-state index contributed by atoms with van der Waals surface area (Å²) in [6, 6.07) is 4.80. The maximum Gasteiger partial charge on any atom is 0.293 e. The molecule has 0 atom stereocenters. The molecular weight excluding hydrogens is 274 g/mol. The van der Waals surface area contributed by atoms with Crippen molar-refractivity contribution in [3.8, 4) is 0 Å². The number of nitrogens with zero attached hydrogens (tertiary/aromatic N) is 2. The molecule has 0 heterocycles. The fourth-order valence-electron chi connectivity index (χ4n) is 2.02. The number of benzene rings is 1. The van der Waals surface area contributed by atoms with Crippen LogP contribution in [0.25, 0.3) is 0 Å². The largest absolute Gasteiger partial charge is 0.358 e. The number of nitrogen functional groups attached to an aromatic ring is 1. The maximum absolute atomic E-state index is 11.5. The van der Waals surface area contributed by atoms with Crippen LogP contribution in [0.5, 0.6) is 0 Å². The number of nitro groups is 1. The van der Waals surface area contributed by atoms with Gasteiger partial charge in [-0.05, 0) is 24.6 Å². The summed E-state index contributed by atoms with van der Waals surface area (Å²) in [5, 5.41) is 13.6. The topological polar surface area (TPSA) is 114 Å². The molecule has 0 aliphatic carbocycles. The third kappa shape index (κ3) is 5.01. The van der Waals surface area contributed by atoms with Crippen LogP contribution in [-0.2, 0) is 11.3 Å². The Labute approximate surface area is 123 Å². The van der Waals surface area contributed by atoms with Crippen molar-refractivity contribution >= 4 is 17.3 Å². The van der Waals surface area contributed by atoms with Crippen molar-refractivity contribution in [3.05, 3.63) is 33.9 Å². The summed E-state index contributed by atoms with van der Waals surface area (Å²) < 4.78 is 0. The van der Waals surface area contributed by atoms with Gasteiger partial charge in [-0.15, -0.1) is 0 Å². The molecule has 0 saturated carbocycles. The maximum atomic E-state index is 11.5. The van der Waals surface area contributed by atoms with E-state index in [0.29, 0.717) is 6.54 Å². The quantitative estimate of drug-likeness (QED) is 0.372. The molecule has 1 aromatic rings. The first kappa shape index (κ1) is 16.9. The van der Waals surface area contributed by atoms with Crippen molar-refractivity contribution in [1.82, 2.24) is 10.2 Å². The molecular formula is C13H21N5O3. The second kappa shape index (κ2) is 8.18. The second-order valence-corrected chi connectivity index (χ2v) is 4.64. The predicted octanol–water partition coefficient (Wildman–Crippen LogP) is 0.838. The average Bonchev–Trinajstić information content (AvgIpc) is 2.47. The molecule has 1 aromatic carbocycles. The number of hydrogen-bond acceptors (Lipinski definition) is 6. The Morgan fingerprint density at radius 1 is 1.48 bits per heavy atom. The minimum Gasteiger partial charge on any atom is -0.358 e. The van der Waals surface area contributed by atoms with E-state index in [0.717, 1.165) is 18.5 Å². The van der Waals surface area contributed by atoms with Crippen LogP contribution >= 0.6 is 0 Å². The fourth-order valence-corrected chi connectivity index (χ4v) is 2.02. The van der Waals surface area contributed by atoms with E-state index in [2.05, 4.69) is 10.7 Å². The van der Waals surface area contributed by atoms with Crippen LogP contribution in [0.1, 0.15) is 18.9 Å². The van der Waals surface area contributed by atoms with E-state index >= 15 is 0 Å². The normalized spacial score (nSPS) is 10.5. The zero-order valence-electron chi connectivity index (χ0n) is 12.3. The number of rotatable bonds is 8. The van der Waals surface area contributed by atoms with Crippen LogP contribution in [0, 0.1) is 10.1 Å². The smallest absolute Gasteiger partial charge is 0.293 e. The van der Waals surface area contributed by atoms with Crippen molar-refractivity contribution in [2.75, 3.05) is 25.6 Å². The first-order valence-corrected chi connectivity index (χ1v) is 6.68. The molecule has 4 N–H and O–H groups in total. The van der Waals surface area contributed by atoms with E-state index < -0.39 is 4.92 Å². The number of nitrogens with one attached hydrogen (secondary N) is 2. The Kier molecular flexibility index (Phi) is 6.57. The summed E-state index contributed by atoms with van der Waals surface area (Å²) >= 11 is 0. The zero-order valence-corrected chi connectivity index (χ0v) is 12.3. The van der Waals surface area contributed by atoms with Crippen molar-refractivity contribution < 1.29 is 9.72 Å². The summed E-state index contributed by atoms with van der Waals surface area (Å²) in [4.78, 5) is 23.9. The Hall–Kier alpha value is -2.19. The van der Waals surface area contributed by atoms with Gasteiger partial charge < -0.3 is 10.7 Å². The monoisotopic (exact) mass is 295 g/mol. The molecule has 0 aromatic heterocycles. The van der Waals surface area contributed by atoms with E-state index in [1.54, 1.807) is 19.2 Å². The molecule has 0 unspecified atom stereocenters. The summed E-state index contributed by atoms with van der Waals surface area (Å²) in [6.45, 7) is 3.47. The van der Waals surface area contributed by atoms with Crippen LogP contribution < -0.4 is 16.6 Å². The Morgan fingerprint density at radius 3 is 2.71 bits per heavy atom. The minimum absolute atomic E-state index is 0.0774. The summed E-state index contributed by atoms with van der Waals surface area (Å²) in [6.07, 6.45) is 0.890. The number of nitrogens with two attached hydrogens (primary N) is 1. The Morgan fingerprint density at radius 2 is 2.19 bits per heavy atom. The third-order valence-electron chi connectivity index (χ3n) is 3.01. The first-order valence-electron chi connectivity index (χ1n) is 6.68. The van der Waals surface area contributed by atoms with Crippen molar-refractivity contribution in [1.29, 1.82) is 0 Å². The molecule has 21 heavy (non-hydrogen) atoms. The van der Waals surface area contributed by atoms with Gasteiger partial charge in [0.15, 0.2) is 0 Å². The lowest BCUT2D eigenvalue weighted by Gasteiger charge is -2.20.